The van der Waals surface area contributed by atoms with Gasteiger partial charge in [-0.1, -0.05) is 20.3 Å². The predicted octanol–water partition coefficient (Wildman–Crippen LogP) is 1.52. The fourth-order valence-corrected chi connectivity index (χ4v) is 7.96. The summed E-state index contributed by atoms with van der Waals surface area (Å²) in [5.41, 5.74) is -0.599. The molecule has 0 aromatic carbocycles. The van der Waals surface area contributed by atoms with Gasteiger partial charge >= 0.3 is 0 Å². The van der Waals surface area contributed by atoms with Gasteiger partial charge < -0.3 is 19.8 Å². The smallest absolute Gasteiger partial charge is 0.0476 e. The molecule has 0 aromatic rings. The first kappa shape index (κ1) is 16.4. The average Bonchev–Trinajstić information content (AvgIpc) is 2.78. The van der Waals surface area contributed by atoms with E-state index in [9.17, 15) is 19.8 Å². The number of hydrogen-bond donors (Lipinski definition) is 0. The zero-order valence-corrected chi connectivity index (χ0v) is 14.8. The Labute approximate surface area is 144 Å². The second-order valence-electron chi connectivity index (χ2n) is 9.74. The van der Waals surface area contributed by atoms with Crippen LogP contribution in [-0.4, -0.2) is 11.9 Å². The number of carbonyl (C=O) groups is 2. The number of hydrogen-bond acceptors (Lipinski definition) is 4. The van der Waals surface area contributed by atoms with Crippen molar-refractivity contribution in [2.24, 2.45) is 39.9 Å². The molecule has 1 spiro atoms. The van der Waals surface area contributed by atoms with Crippen molar-refractivity contribution >= 4 is 11.9 Å². The molecular formula is C20H28O4-2. The Kier molecular flexibility index (Phi) is 3.41. The van der Waals surface area contributed by atoms with Crippen LogP contribution in [-0.2, 0) is 9.59 Å². The Morgan fingerprint density at radius 2 is 1.67 bits per heavy atom. The normalized spacial score (nSPS) is 53.1. The first-order valence-corrected chi connectivity index (χ1v) is 9.65. The largest absolute Gasteiger partial charge is 0.550 e. The summed E-state index contributed by atoms with van der Waals surface area (Å²) in [6, 6.07) is 0. The van der Waals surface area contributed by atoms with Crippen molar-refractivity contribution in [1.82, 2.24) is 0 Å². The van der Waals surface area contributed by atoms with Crippen LogP contribution in [0, 0.1) is 39.9 Å². The number of aliphatic carboxylic acids is 2. The summed E-state index contributed by atoms with van der Waals surface area (Å²) in [5.74, 6) is -1.13. The van der Waals surface area contributed by atoms with E-state index in [1.165, 1.54) is 0 Å². The van der Waals surface area contributed by atoms with Gasteiger partial charge in [-0.05, 0) is 80.0 Å². The van der Waals surface area contributed by atoms with Crippen molar-refractivity contribution in [3.05, 3.63) is 0 Å². The molecule has 4 rings (SSSR count). The van der Waals surface area contributed by atoms with Gasteiger partial charge in [-0.25, -0.2) is 0 Å². The molecule has 0 aliphatic heterocycles. The van der Waals surface area contributed by atoms with Gasteiger partial charge in [0.05, 0.1) is 0 Å². The molecular weight excluding hydrogens is 304 g/mol. The van der Waals surface area contributed by atoms with Crippen LogP contribution in [0.15, 0.2) is 0 Å². The summed E-state index contributed by atoms with van der Waals surface area (Å²) in [7, 11) is 0. The molecule has 4 aliphatic rings. The molecule has 0 heterocycles. The Balaban J connectivity index is 1.71. The van der Waals surface area contributed by atoms with Crippen LogP contribution in [0.5, 0.6) is 0 Å². The Morgan fingerprint density at radius 3 is 2.33 bits per heavy atom. The molecule has 0 aromatic heterocycles. The third kappa shape index (κ3) is 1.91. The van der Waals surface area contributed by atoms with E-state index in [0.29, 0.717) is 5.92 Å². The minimum absolute atomic E-state index is 0.0110. The monoisotopic (exact) mass is 332 g/mol. The first-order chi connectivity index (χ1) is 11.2. The summed E-state index contributed by atoms with van der Waals surface area (Å²) < 4.78 is 0. The van der Waals surface area contributed by atoms with Gasteiger partial charge in [0.25, 0.3) is 0 Å². The van der Waals surface area contributed by atoms with Gasteiger partial charge in [0.15, 0.2) is 0 Å². The van der Waals surface area contributed by atoms with E-state index in [0.717, 1.165) is 57.8 Å². The third-order valence-electron chi connectivity index (χ3n) is 8.90. The van der Waals surface area contributed by atoms with E-state index in [1.54, 1.807) is 0 Å². The van der Waals surface area contributed by atoms with Gasteiger partial charge in [-0.15, -0.1) is 0 Å². The molecule has 4 heteroatoms. The van der Waals surface area contributed by atoms with E-state index in [2.05, 4.69) is 6.92 Å². The fraction of sp³-hybridized carbons (Fsp3) is 0.900. The van der Waals surface area contributed by atoms with Crippen molar-refractivity contribution in [2.75, 3.05) is 0 Å². The quantitative estimate of drug-likeness (QED) is 0.768. The minimum atomic E-state index is -0.887. The van der Waals surface area contributed by atoms with Crippen molar-refractivity contribution in [1.29, 1.82) is 0 Å². The molecule has 0 N–H and O–H groups in total. The molecule has 4 saturated carbocycles. The summed E-state index contributed by atoms with van der Waals surface area (Å²) in [6.45, 7) is 4.20. The Hall–Kier alpha value is -1.06. The SMILES string of the molecule is CC1(C(=O)[O-])CCCC2(C)C3CCC4CC3(CCC12)CC4C(=O)[O-]. The standard InChI is InChI=1S/C20H30O4/c1-18-7-3-8-19(2,17(23)24)14(18)6-9-20-10-12(4-5-15(18)20)13(11-20)16(21)22/h12-15H,3-11H2,1-2H3,(H,21,22)(H,23,24)/p-2. The molecule has 0 saturated heterocycles. The summed E-state index contributed by atoms with van der Waals surface area (Å²) in [6.07, 6.45) is 8.44. The van der Waals surface area contributed by atoms with Crippen LogP contribution in [0.3, 0.4) is 0 Å². The average molecular weight is 332 g/mol. The summed E-state index contributed by atoms with van der Waals surface area (Å²) in [4.78, 5) is 23.5. The molecule has 0 amide bonds. The van der Waals surface area contributed by atoms with Crippen LogP contribution in [0.25, 0.3) is 0 Å². The van der Waals surface area contributed by atoms with Crippen molar-refractivity contribution in [3.8, 4) is 0 Å². The van der Waals surface area contributed by atoms with Crippen LogP contribution in [0.1, 0.15) is 71.6 Å². The highest BCUT2D eigenvalue weighted by molar-refractivity contribution is 5.73. The van der Waals surface area contributed by atoms with Gasteiger partial charge in [0.1, 0.15) is 0 Å². The summed E-state index contributed by atoms with van der Waals surface area (Å²) in [5, 5.41) is 23.5. The van der Waals surface area contributed by atoms with E-state index in [-0.39, 0.29) is 28.6 Å². The number of rotatable bonds is 2. The first-order valence-electron chi connectivity index (χ1n) is 9.65. The lowest BCUT2D eigenvalue weighted by Crippen LogP contribution is -2.60. The maximum absolute atomic E-state index is 11.9. The maximum Gasteiger partial charge on any atom is 0.0476 e. The molecule has 4 nitrogen and oxygen atoms in total. The van der Waals surface area contributed by atoms with Gasteiger partial charge in [0, 0.05) is 23.3 Å². The number of carbonyl (C=O) groups excluding carboxylic acids is 2. The molecule has 7 unspecified atom stereocenters. The number of fused-ring (bicyclic) bond motifs is 3. The molecule has 4 aliphatic carbocycles. The van der Waals surface area contributed by atoms with Crippen molar-refractivity contribution in [2.45, 2.75) is 71.6 Å². The highest BCUT2D eigenvalue weighted by Crippen LogP contribution is 2.72. The fourth-order valence-electron chi connectivity index (χ4n) is 7.96. The minimum Gasteiger partial charge on any atom is -0.550 e. The van der Waals surface area contributed by atoms with E-state index in [4.69, 9.17) is 0 Å². The molecule has 4 fully saturated rings. The van der Waals surface area contributed by atoms with Crippen LogP contribution >= 0.6 is 0 Å². The second kappa shape index (κ2) is 4.98. The predicted molar refractivity (Wildman–Crippen MR) is 84.2 cm³/mol. The molecule has 7 atom stereocenters. The molecule has 134 valence electrons. The van der Waals surface area contributed by atoms with Crippen LogP contribution in [0.2, 0.25) is 0 Å². The molecule has 24 heavy (non-hydrogen) atoms. The van der Waals surface area contributed by atoms with Crippen LogP contribution in [0.4, 0.5) is 0 Å². The highest BCUT2D eigenvalue weighted by atomic mass is 16.4. The maximum atomic E-state index is 11.9. The van der Waals surface area contributed by atoms with Crippen molar-refractivity contribution < 1.29 is 19.8 Å². The molecule has 2 bridgehead atoms. The van der Waals surface area contributed by atoms with Crippen LogP contribution < -0.4 is 10.2 Å². The number of carboxylic acids is 2. The van der Waals surface area contributed by atoms with E-state index in [1.807, 2.05) is 6.92 Å². The summed E-state index contributed by atoms with van der Waals surface area (Å²) >= 11 is 0. The molecule has 0 radical (unpaired) electrons. The third-order valence-corrected chi connectivity index (χ3v) is 8.90. The van der Waals surface area contributed by atoms with Gasteiger partial charge in [-0.3, -0.25) is 0 Å². The lowest BCUT2D eigenvalue weighted by atomic mass is 9.41. The lowest BCUT2D eigenvalue weighted by Gasteiger charge is -2.64. The van der Waals surface area contributed by atoms with Gasteiger partial charge in [-0.2, -0.15) is 0 Å². The van der Waals surface area contributed by atoms with Crippen molar-refractivity contribution in [3.63, 3.8) is 0 Å². The van der Waals surface area contributed by atoms with Gasteiger partial charge in [0.2, 0.25) is 0 Å². The Bertz CT molecular complexity index is 586. The lowest BCUT2D eigenvalue weighted by molar-refractivity contribution is -0.328. The second-order valence-corrected chi connectivity index (χ2v) is 9.74. The topological polar surface area (TPSA) is 80.3 Å². The zero-order chi connectivity index (χ0) is 17.3. The van der Waals surface area contributed by atoms with E-state index >= 15 is 0 Å². The Morgan fingerprint density at radius 1 is 0.917 bits per heavy atom. The van der Waals surface area contributed by atoms with E-state index < -0.39 is 17.4 Å². The highest BCUT2D eigenvalue weighted by Gasteiger charge is 2.64. The zero-order valence-electron chi connectivity index (χ0n) is 14.8. The number of carboxylic acid groups (broad SMARTS) is 2.